The van der Waals surface area contributed by atoms with Gasteiger partial charge in [-0.25, -0.2) is 0 Å². The molecule has 0 aliphatic carbocycles. The van der Waals surface area contributed by atoms with Gasteiger partial charge in [0.05, 0.1) is 22.1 Å². The van der Waals surface area contributed by atoms with Crippen molar-refractivity contribution in [3.05, 3.63) is 32.8 Å². The summed E-state index contributed by atoms with van der Waals surface area (Å²) in [5, 5.41) is 10.5. The van der Waals surface area contributed by atoms with Crippen LogP contribution in [0.3, 0.4) is 0 Å². The van der Waals surface area contributed by atoms with Gasteiger partial charge in [0.1, 0.15) is 5.75 Å². The van der Waals surface area contributed by atoms with Crippen LogP contribution in [0.1, 0.15) is 6.92 Å². The zero-order valence-electron chi connectivity index (χ0n) is 6.99. The molecule has 70 valence electrons. The van der Waals surface area contributed by atoms with Crippen molar-refractivity contribution < 1.29 is 9.66 Å². The van der Waals surface area contributed by atoms with Gasteiger partial charge in [-0.1, -0.05) is 0 Å². The zero-order valence-corrected chi connectivity index (χ0v) is 8.58. The van der Waals surface area contributed by atoms with Crippen molar-refractivity contribution in [2.45, 2.75) is 6.92 Å². The van der Waals surface area contributed by atoms with Crippen LogP contribution in [0.2, 0.25) is 0 Å². The van der Waals surface area contributed by atoms with Crippen LogP contribution in [0.4, 0.5) is 5.69 Å². The lowest BCUT2D eigenvalue weighted by Crippen LogP contribution is -1.94. The summed E-state index contributed by atoms with van der Waals surface area (Å²) in [6.45, 7) is 2.33. The summed E-state index contributed by atoms with van der Waals surface area (Å²) < 4.78 is 5.59. The third kappa shape index (κ3) is 2.42. The van der Waals surface area contributed by atoms with E-state index >= 15 is 0 Å². The van der Waals surface area contributed by atoms with Crippen LogP contribution in [0.15, 0.2) is 22.7 Å². The first-order valence-electron chi connectivity index (χ1n) is 3.72. The van der Waals surface area contributed by atoms with Crippen molar-refractivity contribution >= 4 is 21.6 Å². The van der Waals surface area contributed by atoms with Gasteiger partial charge in [-0.05, 0) is 35.0 Å². The summed E-state index contributed by atoms with van der Waals surface area (Å²) in [5.41, 5.74) is 0.0194. The van der Waals surface area contributed by atoms with Crippen LogP contribution >= 0.6 is 15.9 Å². The lowest BCUT2D eigenvalue weighted by Gasteiger charge is -2.02. The van der Waals surface area contributed by atoms with Gasteiger partial charge in [-0.2, -0.15) is 0 Å². The van der Waals surface area contributed by atoms with E-state index in [1.807, 2.05) is 6.92 Å². The first-order chi connectivity index (χ1) is 6.15. The van der Waals surface area contributed by atoms with Crippen molar-refractivity contribution in [3.63, 3.8) is 0 Å². The van der Waals surface area contributed by atoms with Crippen LogP contribution in [-0.4, -0.2) is 11.5 Å². The Morgan fingerprint density at radius 3 is 2.85 bits per heavy atom. The molecule has 1 aromatic carbocycles. The molecule has 0 amide bonds. The zero-order chi connectivity index (χ0) is 9.84. The Morgan fingerprint density at radius 2 is 2.31 bits per heavy atom. The van der Waals surface area contributed by atoms with E-state index in [0.717, 1.165) is 0 Å². The van der Waals surface area contributed by atoms with Crippen molar-refractivity contribution in [2.24, 2.45) is 0 Å². The summed E-state index contributed by atoms with van der Waals surface area (Å²) >= 11 is 3.08. The fraction of sp³-hybridized carbons (Fsp3) is 0.250. The molecule has 5 heteroatoms. The molecule has 1 rings (SSSR count). The molecule has 0 radical (unpaired) electrons. The maximum Gasteiger partial charge on any atom is 0.287 e. The number of nitro benzene ring substituents is 1. The number of nitrogens with zero attached hydrogens (tertiary/aromatic N) is 1. The minimum absolute atomic E-state index is 0.0194. The highest BCUT2D eigenvalue weighted by Crippen LogP contribution is 2.28. The maximum atomic E-state index is 10.5. The molecule has 0 N–H and O–H groups in total. The van der Waals surface area contributed by atoms with Gasteiger partial charge in [0.15, 0.2) is 0 Å². The van der Waals surface area contributed by atoms with Crippen LogP contribution in [0.25, 0.3) is 0 Å². The molecular formula is C8H8BrNO3. The van der Waals surface area contributed by atoms with E-state index in [1.165, 1.54) is 6.07 Å². The molecular weight excluding hydrogens is 238 g/mol. The third-order valence-electron chi connectivity index (χ3n) is 1.43. The average Bonchev–Trinajstić information content (AvgIpc) is 2.08. The number of nitro groups is 1. The Balaban J connectivity index is 3.04. The molecule has 4 nitrogen and oxygen atoms in total. The lowest BCUT2D eigenvalue weighted by molar-refractivity contribution is -0.385. The van der Waals surface area contributed by atoms with Crippen molar-refractivity contribution in [1.29, 1.82) is 0 Å². The van der Waals surface area contributed by atoms with Gasteiger partial charge in [-0.3, -0.25) is 10.1 Å². The van der Waals surface area contributed by atoms with Crippen molar-refractivity contribution in [2.75, 3.05) is 6.61 Å². The first kappa shape index (κ1) is 9.98. The second kappa shape index (κ2) is 4.23. The van der Waals surface area contributed by atoms with Crippen LogP contribution in [0.5, 0.6) is 5.75 Å². The predicted octanol–water partition coefficient (Wildman–Crippen LogP) is 2.76. The summed E-state index contributed by atoms with van der Waals surface area (Å²) in [4.78, 5) is 10.0. The Kier molecular flexibility index (Phi) is 3.25. The molecule has 0 fully saturated rings. The molecule has 0 saturated heterocycles. The van der Waals surface area contributed by atoms with E-state index in [1.54, 1.807) is 12.1 Å². The molecule has 0 unspecified atom stereocenters. The monoisotopic (exact) mass is 245 g/mol. The minimum atomic E-state index is -0.452. The van der Waals surface area contributed by atoms with E-state index in [4.69, 9.17) is 4.74 Å². The molecule has 13 heavy (non-hydrogen) atoms. The van der Waals surface area contributed by atoms with Crippen molar-refractivity contribution in [3.8, 4) is 5.75 Å². The van der Waals surface area contributed by atoms with Crippen molar-refractivity contribution in [1.82, 2.24) is 0 Å². The normalized spacial score (nSPS) is 9.69. The number of hydrogen-bond donors (Lipinski definition) is 0. The van der Waals surface area contributed by atoms with Gasteiger partial charge >= 0.3 is 0 Å². The van der Waals surface area contributed by atoms with E-state index in [-0.39, 0.29) is 5.69 Å². The van der Waals surface area contributed by atoms with Crippen LogP contribution in [0, 0.1) is 10.1 Å². The average molecular weight is 246 g/mol. The predicted molar refractivity (Wildman–Crippen MR) is 52.0 cm³/mol. The van der Waals surface area contributed by atoms with E-state index in [2.05, 4.69) is 15.9 Å². The third-order valence-corrected chi connectivity index (χ3v) is 2.10. The van der Waals surface area contributed by atoms with Crippen LogP contribution in [-0.2, 0) is 0 Å². The first-order valence-corrected chi connectivity index (χ1v) is 4.51. The second-order valence-corrected chi connectivity index (χ2v) is 3.16. The summed E-state index contributed by atoms with van der Waals surface area (Å²) in [6.07, 6.45) is 0. The fourth-order valence-corrected chi connectivity index (χ4v) is 1.28. The van der Waals surface area contributed by atoms with Gasteiger partial charge in [-0.15, -0.1) is 0 Å². The highest BCUT2D eigenvalue weighted by Gasteiger charge is 2.12. The molecule has 1 aromatic rings. The van der Waals surface area contributed by atoms with E-state index in [0.29, 0.717) is 16.8 Å². The number of rotatable bonds is 3. The number of benzene rings is 1. The van der Waals surface area contributed by atoms with Gasteiger partial charge in [0.25, 0.3) is 5.69 Å². The van der Waals surface area contributed by atoms with Gasteiger partial charge < -0.3 is 4.74 Å². The molecule has 0 aliphatic rings. The molecule has 0 saturated carbocycles. The summed E-state index contributed by atoms with van der Waals surface area (Å²) in [7, 11) is 0. The second-order valence-electron chi connectivity index (χ2n) is 2.30. The standard InChI is InChI=1S/C8H8BrNO3/c1-2-13-6-3-4-7(9)8(5-6)10(11)12/h3-5H,2H2,1H3. The quantitative estimate of drug-likeness (QED) is 0.608. The molecule has 0 atom stereocenters. The van der Waals surface area contributed by atoms with E-state index in [9.17, 15) is 10.1 Å². The summed E-state index contributed by atoms with van der Waals surface area (Å²) in [6, 6.07) is 4.68. The minimum Gasteiger partial charge on any atom is -0.494 e. The highest BCUT2D eigenvalue weighted by molar-refractivity contribution is 9.10. The summed E-state index contributed by atoms with van der Waals surface area (Å²) in [5.74, 6) is 0.511. The number of hydrogen-bond acceptors (Lipinski definition) is 3. The SMILES string of the molecule is CCOc1ccc(Br)c([N+](=O)[O-])c1. The topological polar surface area (TPSA) is 52.4 Å². The highest BCUT2D eigenvalue weighted by atomic mass is 79.9. The smallest absolute Gasteiger partial charge is 0.287 e. The van der Waals surface area contributed by atoms with E-state index < -0.39 is 4.92 Å². The molecule has 0 aliphatic heterocycles. The lowest BCUT2D eigenvalue weighted by atomic mass is 10.3. The molecule has 0 aromatic heterocycles. The number of ether oxygens (including phenoxy) is 1. The largest absolute Gasteiger partial charge is 0.494 e. The Morgan fingerprint density at radius 1 is 1.62 bits per heavy atom. The maximum absolute atomic E-state index is 10.5. The molecule has 0 spiro atoms. The fourth-order valence-electron chi connectivity index (χ4n) is 0.889. The number of halogens is 1. The Hall–Kier alpha value is -1.10. The van der Waals surface area contributed by atoms with Gasteiger partial charge in [0, 0.05) is 0 Å². The van der Waals surface area contributed by atoms with Crippen LogP contribution < -0.4 is 4.74 Å². The Bertz CT molecular complexity index is 327. The molecule has 0 bridgehead atoms. The molecule has 0 heterocycles. The Labute approximate surface area is 83.8 Å². The van der Waals surface area contributed by atoms with Gasteiger partial charge in [0.2, 0.25) is 0 Å².